The van der Waals surface area contributed by atoms with Crippen molar-refractivity contribution in [3.63, 3.8) is 0 Å². The van der Waals surface area contributed by atoms with E-state index in [1.165, 1.54) is 17.3 Å². The number of aromatic nitrogens is 3. The fourth-order valence-corrected chi connectivity index (χ4v) is 4.25. The number of thioether (sulfide) groups is 1. The quantitative estimate of drug-likeness (QED) is 0.668. The molecule has 0 aliphatic heterocycles. The average Bonchev–Trinajstić information content (AvgIpc) is 2.65. The molecule has 1 aliphatic rings. The molecule has 6 heteroatoms. The number of fused-ring (bicyclic) bond motifs is 2. The molecule has 130 valence electrons. The van der Waals surface area contributed by atoms with E-state index in [2.05, 4.69) is 11.1 Å². The highest BCUT2D eigenvalue weighted by molar-refractivity contribution is 7.98. The molecule has 0 N–H and O–H groups in total. The van der Waals surface area contributed by atoms with Crippen molar-refractivity contribution in [1.29, 1.82) is 5.26 Å². The number of hydrogen-bond donors (Lipinski definition) is 0. The maximum atomic E-state index is 12.4. The van der Waals surface area contributed by atoms with Crippen LogP contribution in [0.15, 0.2) is 40.2 Å². The van der Waals surface area contributed by atoms with Gasteiger partial charge in [-0.15, -0.1) is 0 Å². The Kier molecular flexibility index (Phi) is 4.48. The Labute approximate surface area is 155 Å². The minimum atomic E-state index is -0.0809. The largest absolute Gasteiger partial charge is 0.269 e. The summed E-state index contributed by atoms with van der Waals surface area (Å²) in [6.07, 6.45) is 4.29. The third-order valence-corrected chi connectivity index (χ3v) is 5.70. The molecule has 0 saturated heterocycles. The van der Waals surface area contributed by atoms with Crippen molar-refractivity contribution in [3.8, 4) is 6.07 Å². The van der Waals surface area contributed by atoms with Crippen LogP contribution in [0.5, 0.6) is 0 Å². The molecule has 1 aliphatic carbocycles. The number of pyridine rings is 2. The molecule has 3 heterocycles. The van der Waals surface area contributed by atoms with E-state index in [-0.39, 0.29) is 5.56 Å². The molecule has 3 aromatic rings. The molecule has 0 unspecified atom stereocenters. The van der Waals surface area contributed by atoms with Crippen molar-refractivity contribution in [2.24, 2.45) is 0 Å². The van der Waals surface area contributed by atoms with Gasteiger partial charge >= 0.3 is 0 Å². The average molecular weight is 362 g/mol. The van der Waals surface area contributed by atoms with Gasteiger partial charge in [0, 0.05) is 23.2 Å². The van der Waals surface area contributed by atoms with Crippen LogP contribution in [-0.2, 0) is 18.6 Å². The van der Waals surface area contributed by atoms with Crippen LogP contribution in [0.4, 0.5) is 0 Å². The standard InChI is InChI=1S/C20H18N4OS/c1-13-5-4-8-18-22-16(10-19(25)24(13)18)12-26-20-15(11-21)9-14-6-2-3-7-17(14)23-20/h4-5,8-10H,2-3,6-7,12H2,1H3. The van der Waals surface area contributed by atoms with Gasteiger partial charge in [-0.05, 0) is 56.4 Å². The molecule has 26 heavy (non-hydrogen) atoms. The molecule has 5 nitrogen and oxygen atoms in total. The molecule has 4 rings (SSSR count). The number of nitrogens with zero attached hydrogens (tertiary/aromatic N) is 4. The summed E-state index contributed by atoms with van der Waals surface area (Å²) in [6.45, 7) is 1.89. The Bertz CT molecular complexity index is 1100. The Morgan fingerprint density at radius 2 is 2.08 bits per heavy atom. The summed E-state index contributed by atoms with van der Waals surface area (Å²) < 4.78 is 1.60. The highest BCUT2D eigenvalue weighted by Gasteiger charge is 2.16. The van der Waals surface area contributed by atoms with Crippen LogP contribution in [0, 0.1) is 18.3 Å². The fourth-order valence-electron chi connectivity index (χ4n) is 3.38. The molecule has 0 amide bonds. The monoisotopic (exact) mass is 362 g/mol. The van der Waals surface area contributed by atoms with E-state index in [1.807, 2.05) is 31.2 Å². The number of rotatable bonds is 3. The van der Waals surface area contributed by atoms with Crippen LogP contribution in [0.3, 0.4) is 0 Å². The SMILES string of the molecule is Cc1cccc2nc(CSc3nc4c(cc3C#N)CCCC4)cc(=O)n12. The summed E-state index contributed by atoms with van der Waals surface area (Å²) in [7, 11) is 0. The number of aryl methyl sites for hydroxylation is 3. The molecular formula is C20H18N4OS. The number of hydrogen-bond acceptors (Lipinski definition) is 5. The van der Waals surface area contributed by atoms with E-state index >= 15 is 0 Å². The van der Waals surface area contributed by atoms with Gasteiger partial charge < -0.3 is 0 Å². The van der Waals surface area contributed by atoms with Crippen LogP contribution in [0.1, 0.15) is 41.1 Å². The predicted molar refractivity (Wildman–Crippen MR) is 101 cm³/mol. The summed E-state index contributed by atoms with van der Waals surface area (Å²) in [5, 5.41) is 10.2. The first kappa shape index (κ1) is 16.8. The van der Waals surface area contributed by atoms with Gasteiger partial charge in [0.25, 0.3) is 5.56 Å². The second-order valence-electron chi connectivity index (χ2n) is 6.50. The molecule has 0 saturated carbocycles. The Morgan fingerprint density at radius 3 is 2.92 bits per heavy atom. The van der Waals surface area contributed by atoms with E-state index in [9.17, 15) is 10.1 Å². The lowest BCUT2D eigenvalue weighted by molar-refractivity contribution is 0.660. The lowest BCUT2D eigenvalue weighted by atomic mass is 9.95. The summed E-state index contributed by atoms with van der Waals surface area (Å²) in [6, 6.07) is 11.4. The zero-order chi connectivity index (χ0) is 18.1. The minimum absolute atomic E-state index is 0.0809. The summed E-state index contributed by atoms with van der Waals surface area (Å²) in [4.78, 5) is 21.7. The molecule has 0 spiro atoms. The van der Waals surface area contributed by atoms with E-state index in [0.29, 0.717) is 22.7 Å². The van der Waals surface area contributed by atoms with Gasteiger partial charge in [0.15, 0.2) is 0 Å². The van der Waals surface area contributed by atoms with Crippen molar-refractivity contribution in [3.05, 3.63) is 68.9 Å². The minimum Gasteiger partial charge on any atom is -0.269 e. The lowest BCUT2D eigenvalue weighted by Gasteiger charge is -2.16. The Hall–Kier alpha value is -2.65. The molecule has 0 atom stereocenters. The Morgan fingerprint density at radius 1 is 1.23 bits per heavy atom. The topological polar surface area (TPSA) is 71.0 Å². The van der Waals surface area contributed by atoms with Gasteiger partial charge in [-0.25, -0.2) is 9.97 Å². The molecule has 0 bridgehead atoms. The molecule has 0 aromatic carbocycles. The van der Waals surface area contributed by atoms with Gasteiger partial charge in [-0.2, -0.15) is 5.26 Å². The second kappa shape index (κ2) is 6.93. The third kappa shape index (κ3) is 3.11. The van der Waals surface area contributed by atoms with Crippen molar-refractivity contribution in [1.82, 2.24) is 14.4 Å². The number of nitriles is 1. The van der Waals surface area contributed by atoms with Crippen LogP contribution in [0.25, 0.3) is 5.65 Å². The van der Waals surface area contributed by atoms with Crippen LogP contribution in [-0.4, -0.2) is 14.4 Å². The van der Waals surface area contributed by atoms with E-state index in [4.69, 9.17) is 4.98 Å². The summed E-state index contributed by atoms with van der Waals surface area (Å²) >= 11 is 1.47. The van der Waals surface area contributed by atoms with Crippen molar-refractivity contribution < 1.29 is 0 Å². The van der Waals surface area contributed by atoms with Gasteiger partial charge in [0.05, 0.1) is 11.3 Å². The molecular weight excluding hydrogens is 344 g/mol. The van der Waals surface area contributed by atoms with E-state index in [0.717, 1.165) is 42.1 Å². The van der Waals surface area contributed by atoms with Crippen molar-refractivity contribution in [2.45, 2.75) is 43.4 Å². The van der Waals surface area contributed by atoms with Crippen LogP contribution < -0.4 is 5.56 Å². The highest BCUT2D eigenvalue weighted by Crippen LogP contribution is 2.28. The van der Waals surface area contributed by atoms with E-state index < -0.39 is 0 Å². The lowest BCUT2D eigenvalue weighted by Crippen LogP contribution is -2.17. The van der Waals surface area contributed by atoms with E-state index in [1.54, 1.807) is 10.5 Å². The van der Waals surface area contributed by atoms with Gasteiger partial charge in [0.2, 0.25) is 0 Å². The molecule has 0 radical (unpaired) electrons. The maximum Gasteiger partial charge on any atom is 0.258 e. The molecule has 3 aromatic heterocycles. The first-order chi connectivity index (χ1) is 12.7. The van der Waals surface area contributed by atoms with Crippen molar-refractivity contribution in [2.75, 3.05) is 0 Å². The van der Waals surface area contributed by atoms with Crippen LogP contribution in [0.2, 0.25) is 0 Å². The van der Waals surface area contributed by atoms with Crippen LogP contribution >= 0.6 is 11.8 Å². The van der Waals surface area contributed by atoms with Crippen molar-refractivity contribution >= 4 is 17.4 Å². The normalized spacial score (nSPS) is 13.4. The maximum absolute atomic E-state index is 12.4. The fraction of sp³-hybridized carbons (Fsp3) is 0.300. The summed E-state index contributed by atoms with van der Waals surface area (Å²) in [5.74, 6) is 0.514. The Balaban J connectivity index is 1.64. The zero-order valence-electron chi connectivity index (χ0n) is 14.5. The highest BCUT2D eigenvalue weighted by atomic mass is 32.2. The zero-order valence-corrected chi connectivity index (χ0v) is 15.3. The van der Waals surface area contributed by atoms with Gasteiger partial charge in [0.1, 0.15) is 16.7 Å². The first-order valence-corrected chi connectivity index (χ1v) is 9.68. The summed E-state index contributed by atoms with van der Waals surface area (Å²) in [5.41, 5.74) is 5.06. The smallest absolute Gasteiger partial charge is 0.258 e. The first-order valence-electron chi connectivity index (χ1n) is 8.70. The second-order valence-corrected chi connectivity index (χ2v) is 7.47. The van der Waals surface area contributed by atoms with Gasteiger partial charge in [-0.3, -0.25) is 9.20 Å². The predicted octanol–water partition coefficient (Wildman–Crippen LogP) is 3.44. The molecule has 0 fully saturated rings. The van der Waals surface area contributed by atoms with Gasteiger partial charge in [-0.1, -0.05) is 17.8 Å². The third-order valence-electron chi connectivity index (χ3n) is 4.68.